The normalized spacial score (nSPS) is 12.2. The summed E-state index contributed by atoms with van der Waals surface area (Å²) in [5.74, 6) is -0.428. The lowest BCUT2D eigenvalue weighted by Crippen LogP contribution is -2.42. The van der Waals surface area contributed by atoms with Crippen LogP contribution in [0, 0.1) is 0 Å². The molecule has 0 bridgehead atoms. The number of nitrogens with one attached hydrogen (secondary N) is 1. The first-order valence-electron chi connectivity index (χ1n) is 6.73. The van der Waals surface area contributed by atoms with Gasteiger partial charge in [0, 0.05) is 24.3 Å². The van der Waals surface area contributed by atoms with Gasteiger partial charge in [0.15, 0.2) is 0 Å². The molecule has 0 aromatic rings. The van der Waals surface area contributed by atoms with Gasteiger partial charge in [-0.3, -0.25) is 4.79 Å². The fourth-order valence-corrected chi connectivity index (χ4v) is 2.28. The number of carbonyl (C=O) groups excluding carboxylic acids is 1. The van der Waals surface area contributed by atoms with Gasteiger partial charge in [-0.25, -0.2) is 8.42 Å². The lowest BCUT2D eigenvalue weighted by atomic mass is 10.2. The van der Waals surface area contributed by atoms with Crippen LogP contribution in [-0.4, -0.2) is 62.8 Å². The molecular formula is C13H26N2O4S. The van der Waals surface area contributed by atoms with Crippen LogP contribution in [0.4, 0.5) is 0 Å². The maximum Gasteiger partial charge on any atom is 0.246 e. The number of unbranched alkanes of at least 4 members (excludes halogenated alkanes) is 1. The smallest absolute Gasteiger partial charge is 0.246 e. The summed E-state index contributed by atoms with van der Waals surface area (Å²) < 4.78 is 32.2. The molecule has 0 rings (SSSR count). The highest BCUT2D eigenvalue weighted by Crippen LogP contribution is 2.04. The van der Waals surface area contributed by atoms with Gasteiger partial charge in [0.1, 0.15) is 0 Å². The Labute approximate surface area is 122 Å². The quantitative estimate of drug-likeness (QED) is 0.275. The summed E-state index contributed by atoms with van der Waals surface area (Å²) in [5.41, 5.74) is 0.500. The lowest BCUT2D eigenvalue weighted by molar-refractivity contribution is -0.890. The van der Waals surface area contributed by atoms with Crippen molar-refractivity contribution in [1.29, 1.82) is 0 Å². The number of hydrogen-bond donors (Lipinski definition) is 1. The Morgan fingerprint density at radius 1 is 1.20 bits per heavy atom. The van der Waals surface area contributed by atoms with Crippen LogP contribution < -0.4 is 5.32 Å². The lowest BCUT2D eigenvalue weighted by Gasteiger charge is -2.30. The molecular weight excluding hydrogens is 280 g/mol. The predicted octanol–water partition coefficient (Wildman–Crippen LogP) is 0.471. The molecule has 0 aliphatic carbocycles. The van der Waals surface area contributed by atoms with Crippen molar-refractivity contribution < 1.29 is 22.2 Å². The van der Waals surface area contributed by atoms with E-state index >= 15 is 0 Å². The molecule has 0 atom stereocenters. The molecule has 0 aliphatic rings. The van der Waals surface area contributed by atoms with Gasteiger partial charge in [0.25, 0.3) is 0 Å². The third kappa shape index (κ3) is 11.0. The molecule has 20 heavy (non-hydrogen) atoms. The third-order valence-electron chi connectivity index (χ3n) is 3.02. The maximum atomic E-state index is 11.2. The molecule has 118 valence electrons. The van der Waals surface area contributed by atoms with Crippen LogP contribution in [0.5, 0.6) is 0 Å². The largest absolute Gasteiger partial charge is 0.748 e. The second kappa shape index (κ2) is 8.39. The zero-order valence-electron chi connectivity index (χ0n) is 12.6. The van der Waals surface area contributed by atoms with Gasteiger partial charge in [-0.05, 0) is 19.8 Å². The summed E-state index contributed by atoms with van der Waals surface area (Å²) in [6.07, 6.45) is 2.17. The Kier molecular flexibility index (Phi) is 8.00. The highest BCUT2D eigenvalue weighted by Gasteiger charge is 2.14. The predicted molar refractivity (Wildman–Crippen MR) is 78.1 cm³/mol. The van der Waals surface area contributed by atoms with E-state index in [0.717, 1.165) is 19.4 Å². The minimum atomic E-state index is -4.11. The zero-order valence-corrected chi connectivity index (χ0v) is 13.5. The second-order valence-corrected chi connectivity index (χ2v) is 7.27. The van der Waals surface area contributed by atoms with Crippen LogP contribution in [0.1, 0.15) is 26.2 Å². The van der Waals surface area contributed by atoms with Crippen molar-refractivity contribution in [1.82, 2.24) is 5.32 Å². The number of quaternary nitrogens is 1. The van der Waals surface area contributed by atoms with Crippen LogP contribution in [0.3, 0.4) is 0 Å². The van der Waals surface area contributed by atoms with E-state index in [-0.39, 0.29) is 11.7 Å². The minimum Gasteiger partial charge on any atom is -0.748 e. The number of carbonyl (C=O) groups is 1. The number of hydrogen-bond acceptors (Lipinski definition) is 4. The Balaban J connectivity index is 3.77. The first-order valence-corrected chi connectivity index (χ1v) is 8.30. The van der Waals surface area contributed by atoms with Crippen LogP contribution in [0.25, 0.3) is 0 Å². The first kappa shape index (κ1) is 19.1. The highest BCUT2D eigenvalue weighted by atomic mass is 32.2. The maximum absolute atomic E-state index is 11.2. The SMILES string of the molecule is C=C(C)C(=O)NCCCC[N+](C)(C)CCCS(=O)(=O)[O-]. The molecule has 0 saturated heterocycles. The fraction of sp³-hybridized carbons (Fsp3) is 0.769. The molecule has 1 N–H and O–H groups in total. The van der Waals surface area contributed by atoms with Crippen molar-refractivity contribution in [3.05, 3.63) is 12.2 Å². The standard InChI is InChI=1S/C13H26N2O4S/c1-12(2)13(16)14-8-5-6-9-15(3,4)10-7-11-20(17,18)19/h1,5-11H2,2-4H3,(H-,14,16,17,18,19). The third-order valence-corrected chi connectivity index (χ3v) is 3.81. The summed E-state index contributed by atoms with van der Waals surface area (Å²) in [5, 5.41) is 2.77. The molecule has 6 nitrogen and oxygen atoms in total. The molecule has 1 amide bonds. The molecule has 0 radical (unpaired) electrons. The molecule has 0 fully saturated rings. The molecule has 0 aromatic carbocycles. The molecule has 0 spiro atoms. The summed E-state index contributed by atoms with van der Waals surface area (Å²) in [7, 11) is -0.101. The summed E-state index contributed by atoms with van der Waals surface area (Å²) in [6, 6.07) is 0. The molecule has 0 aromatic heterocycles. The highest BCUT2D eigenvalue weighted by molar-refractivity contribution is 7.85. The average molecular weight is 306 g/mol. The van der Waals surface area contributed by atoms with Gasteiger partial charge < -0.3 is 14.4 Å². The van der Waals surface area contributed by atoms with E-state index in [0.29, 0.717) is 29.6 Å². The van der Waals surface area contributed by atoms with Crippen molar-refractivity contribution in [2.24, 2.45) is 0 Å². The summed E-state index contributed by atoms with van der Waals surface area (Å²) in [4.78, 5) is 11.2. The van der Waals surface area contributed by atoms with E-state index in [1.54, 1.807) is 6.92 Å². The van der Waals surface area contributed by atoms with E-state index in [4.69, 9.17) is 0 Å². The van der Waals surface area contributed by atoms with Crippen molar-refractivity contribution in [3.8, 4) is 0 Å². The van der Waals surface area contributed by atoms with E-state index in [1.165, 1.54) is 0 Å². The van der Waals surface area contributed by atoms with Crippen LogP contribution in [0.2, 0.25) is 0 Å². The van der Waals surface area contributed by atoms with Crippen LogP contribution >= 0.6 is 0 Å². The average Bonchev–Trinajstić information content (AvgIpc) is 2.25. The second-order valence-electron chi connectivity index (χ2n) is 5.74. The van der Waals surface area contributed by atoms with Crippen molar-refractivity contribution in [3.63, 3.8) is 0 Å². The van der Waals surface area contributed by atoms with Gasteiger partial charge in [0.2, 0.25) is 5.91 Å². The first-order chi connectivity index (χ1) is 9.03. The molecule has 0 saturated carbocycles. The van der Waals surface area contributed by atoms with Gasteiger partial charge >= 0.3 is 0 Å². The van der Waals surface area contributed by atoms with Crippen molar-refractivity contribution in [2.45, 2.75) is 26.2 Å². The monoisotopic (exact) mass is 306 g/mol. The van der Waals surface area contributed by atoms with Gasteiger partial charge in [0.05, 0.1) is 37.3 Å². The number of rotatable bonds is 10. The molecule has 0 unspecified atom stereocenters. The number of amides is 1. The Morgan fingerprint density at radius 3 is 2.25 bits per heavy atom. The van der Waals surface area contributed by atoms with Crippen molar-refractivity contribution >= 4 is 16.0 Å². The topological polar surface area (TPSA) is 86.3 Å². The van der Waals surface area contributed by atoms with Gasteiger partial charge in [-0.1, -0.05) is 6.58 Å². The molecule has 0 heterocycles. The fourth-order valence-electron chi connectivity index (χ4n) is 1.80. The molecule has 7 heteroatoms. The minimum absolute atomic E-state index is 0.126. The Hall–Kier alpha value is -0.920. The number of nitrogens with zero attached hydrogens (tertiary/aromatic N) is 1. The van der Waals surface area contributed by atoms with E-state index in [1.807, 2.05) is 14.1 Å². The van der Waals surface area contributed by atoms with E-state index in [2.05, 4.69) is 11.9 Å². The van der Waals surface area contributed by atoms with E-state index < -0.39 is 10.1 Å². The van der Waals surface area contributed by atoms with Gasteiger partial charge in [-0.15, -0.1) is 0 Å². The molecule has 0 aliphatic heterocycles. The van der Waals surface area contributed by atoms with Crippen LogP contribution in [0.15, 0.2) is 12.2 Å². The van der Waals surface area contributed by atoms with Crippen LogP contribution in [-0.2, 0) is 14.9 Å². The Bertz CT molecular complexity index is 430. The van der Waals surface area contributed by atoms with Gasteiger partial charge in [-0.2, -0.15) is 0 Å². The van der Waals surface area contributed by atoms with Crippen molar-refractivity contribution in [2.75, 3.05) is 39.5 Å². The zero-order chi connectivity index (χ0) is 15.8. The summed E-state index contributed by atoms with van der Waals surface area (Å²) in [6.45, 7) is 7.36. The Morgan fingerprint density at radius 2 is 1.75 bits per heavy atom. The van der Waals surface area contributed by atoms with E-state index in [9.17, 15) is 17.8 Å². The summed E-state index contributed by atoms with van der Waals surface area (Å²) >= 11 is 0.